The number of hydrogen-bond acceptors (Lipinski definition) is 3. The SMILES string of the molecule is CCOC(=O)C(CC)c1c(F)ccc(CN)c1F. The number of hydrogen-bond donors (Lipinski definition) is 1. The van der Waals surface area contributed by atoms with Crippen molar-refractivity contribution < 1.29 is 18.3 Å². The molecule has 1 rings (SSSR count). The molecule has 100 valence electrons. The van der Waals surface area contributed by atoms with E-state index in [1.807, 2.05) is 0 Å². The monoisotopic (exact) mass is 257 g/mol. The molecule has 0 aliphatic rings. The molecule has 0 radical (unpaired) electrons. The Morgan fingerprint density at radius 1 is 1.39 bits per heavy atom. The zero-order valence-electron chi connectivity index (χ0n) is 10.5. The number of esters is 1. The molecule has 0 bridgehead atoms. The molecule has 0 fully saturated rings. The molecule has 1 atom stereocenters. The molecule has 1 aromatic carbocycles. The highest BCUT2D eigenvalue weighted by molar-refractivity contribution is 5.78. The first-order chi connectivity index (χ1) is 8.56. The molecule has 0 spiro atoms. The van der Waals surface area contributed by atoms with E-state index >= 15 is 0 Å². The van der Waals surface area contributed by atoms with Crippen molar-refractivity contribution in [3.05, 3.63) is 34.9 Å². The summed E-state index contributed by atoms with van der Waals surface area (Å²) in [6.45, 7) is 3.46. The smallest absolute Gasteiger partial charge is 0.313 e. The van der Waals surface area contributed by atoms with E-state index in [0.29, 0.717) is 0 Å². The van der Waals surface area contributed by atoms with Gasteiger partial charge in [-0.25, -0.2) is 8.78 Å². The van der Waals surface area contributed by atoms with Crippen LogP contribution in [0.5, 0.6) is 0 Å². The van der Waals surface area contributed by atoms with Crippen molar-refractivity contribution in [3.8, 4) is 0 Å². The highest BCUT2D eigenvalue weighted by atomic mass is 19.1. The summed E-state index contributed by atoms with van der Waals surface area (Å²) in [5.74, 6) is -3.05. The van der Waals surface area contributed by atoms with Gasteiger partial charge in [0, 0.05) is 17.7 Å². The lowest BCUT2D eigenvalue weighted by molar-refractivity contribution is -0.145. The first-order valence-electron chi connectivity index (χ1n) is 5.90. The molecule has 3 nitrogen and oxygen atoms in total. The third kappa shape index (κ3) is 2.85. The van der Waals surface area contributed by atoms with E-state index in [4.69, 9.17) is 10.5 Å². The summed E-state index contributed by atoms with van der Waals surface area (Å²) in [6, 6.07) is 2.41. The minimum absolute atomic E-state index is 0.0433. The zero-order valence-corrected chi connectivity index (χ0v) is 10.5. The average molecular weight is 257 g/mol. The Morgan fingerprint density at radius 2 is 2.06 bits per heavy atom. The van der Waals surface area contributed by atoms with Gasteiger partial charge in [-0.15, -0.1) is 0 Å². The Kier molecular flexibility index (Phi) is 5.22. The quantitative estimate of drug-likeness (QED) is 0.824. The van der Waals surface area contributed by atoms with Gasteiger partial charge in [-0.1, -0.05) is 13.0 Å². The van der Waals surface area contributed by atoms with Crippen LogP contribution in [0.4, 0.5) is 8.78 Å². The van der Waals surface area contributed by atoms with Crippen LogP contribution in [0.2, 0.25) is 0 Å². The van der Waals surface area contributed by atoms with E-state index < -0.39 is 23.5 Å². The summed E-state index contributed by atoms with van der Waals surface area (Å²) in [5.41, 5.74) is 5.31. The van der Waals surface area contributed by atoms with Crippen LogP contribution < -0.4 is 5.73 Å². The van der Waals surface area contributed by atoms with Gasteiger partial charge >= 0.3 is 5.97 Å². The third-order valence-electron chi connectivity index (χ3n) is 2.75. The lowest BCUT2D eigenvalue weighted by atomic mass is 9.93. The lowest BCUT2D eigenvalue weighted by Crippen LogP contribution is -2.19. The van der Waals surface area contributed by atoms with Crippen LogP contribution in [-0.4, -0.2) is 12.6 Å². The Labute approximate surface area is 105 Å². The average Bonchev–Trinajstić information content (AvgIpc) is 2.34. The molecule has 0 aliphatic heterocycles. The van der Waals surface area contributed by atoms with Gasteiger partial charge in [-0.2, -0.15) is 0 Å². The van der Waals surface area contributed by atoms with Crippen LogP contribution in [0, 0.1) is 11.6 Å². The minimum atomic E-state index is -0.934. The molecule has 0 amide bonds. The van der Waals surface area contributed by atoms with Gasteiger partial charge in [0.05, 0.1) is 12.5 Å². The molecule has 5 heteroatoms. The number of carbonyl (C=O) groups is 1. The van der Waals surface area contributed by atoms with Crippen molar-refractivity contribution >= 4 is 5.97 Å². The van der Waals surface area contributed by atoms with Crippen LogP contribution in [0.25, 0.3) is 0 Å². The van der Waals surface area contributed by atoms with Gasteiger partial charge in [0.15, 0.2) is 0 Å². The molecule has 2 N–H and O–H groups in total. The Bertz CT molecular complexity index is 435. The lowest BCUT2D eigenvalue weighted by Gasteiger charge is -2.17. The van der Waals surface area contributed by atoms with Gasteiger partial charge in [-0.05, 0) is 19.4 Å². The van der Waals surface area contributed by atoms with Crippen molar-refractivity contribution in [2.45, 2.75) is 32.7 Å². The molecule has 1 unspecified atom stereocenters. The van der Waals surface area contributed by atoms with Crippen molar-refractivity contribution in [3.63, 3.8) is 0 Å². The maximum atomic E-state index is 14.0. The van der Waals surface area contributed by atoms with Crippen molar-refractivity contribution in [2.75, 3.05) is 6.61 Å². The number of rotatable bonds is 5. The predicted molar refractivity (Wildman–Crippen MR) is 63.9 cm³/mol. The first-order valence-corrected chi connectivity index (χ1v) is 5.90. The summed E-state index contributed by atoms with van der Waals surface area (Å²) in [7, 11) is 0. The standard InChI is InChI=1S/C13H17F2NO2/c1-3-9(13(17)18-4-2)11-10(14)6-5-8(7-16)12(11)15/h5-6,9H,3-4,7,16H2,1-2H3. The van der Waals surface area contributed by atoms with Crippen LogP contribution >= 0.6 is 0 Å². The predicted octanol–water partition coefficient (Wildman–Crippen LogP) is 2.48. The van der Waals surface area contributed by atoms with Gasteiger partial charge in [0.1, 0.15) is 11.6 Å². The second-order valence-corrected chi connectivity index (χ2v) is 3.85. The van der Waals surface area contributed by atoms with E-state index in [1.165, 1.54) is 6.07 Å². The fourth-order valence-electron chi connectivity index (χ4n) is 1.82. The molecule has 0 aliphatic carbocycles. The first kappa shape index (κ1) is 14.6. The topological polar surface area (TPSA) is 52.3 Å². The molecule has 1 aromatic rings. The second-order valence-electron chi connectivity index (χ2n) is 3.85. The zero-order chi connectivity index (χ0) is 13.7. The van der Waals surface area contributed by atoms with E-state index in [0.717, 1.165) is 6.07 Å². The Morgan fingerprint density at radius 3 is 2.56 bits per heavy atom. The van der Waals surface area contributed by atoms with Crippen molar-refractivity contribution in [1.29, 1.82) is 0 Å². The summed E-state index contributed by atoms with van der Waals surface area (Å²) in [6.07, 6.45) is 0.265. The normalized spacial score (nSPS) is 12.3. The van der Waals surface area contributed by atoms with Crippen LogP contribution in [0.3, 0.4) is 0 Å². The summed E-state index contributed by atoms with van der Waals surface area (Å²) >= 11 is 0. The van der Waals surface area contributed by atoms with E-state index in [2.05, 4.69) is 0 Å². The van der Waals surface area contributed by atoms with Crippen LogP contribution in [-0.2, 0) is 16.1 Å². The Hall–Kier alpha value is -1.49. The fraction of sp³-hybridized carbons (Fsp3) is 0.462. The summed E-state index contributed by atoms with van der Waals surface area (Å²) in [4.78, 5) is 11.7. The molecule has 18 heavy (non-hydrogen) atoms. The molecule has 0 saturated heterocycles. The van der Waals surface area contributed by atoms with Crippen LogP contribution in [0.1, 0.15) is 37.3 Å². The molecule has 0 saturated carbocycles. The number of benzene rings is 1. The molecule has 0 heterocycles. The van der Waals surface area contributed by atoms with E-state index in [9.17, 15) is 13.6 Å². The van der Waals surface area contributed by atoms with Gasteiger partial charge in [0.2, 0.25) is 0 Å². The molecule has 0 aromatic heterocycles. The number of ether oxygens (including phenoxy) is 1. The van der Waals surface area contributed by atoms with Crippen molar-refractivity contribution in [2.24, 2.45) is 5.73 Å². The largest absolute Gasteiger partial charge is 0.466 e. The third-order valence-corrected chi connectivity index (χ3v) is 2.75. The number of halogens is 2. The Balaban J connectivity index is 3.24. The van der Waals surface area contributed by atoms with E-state index in [1.54, 1.807) is 13.8 Å². The maximum absolute atomic E-state index is 14.0. The summed E-state index contributed by atoms with van der Waals surface area (Å²) in [5, 5.41) is 0. The molecular weight excluding hydrogens is 240 g/mol. The highest BCUT2D eigenvalue weighted by Gasteiger charge is 2.27. The second kappa shape index (κ2) is 6.44. The maximum Gasteiger partial charge on any atom is 0.313 e. The molecular formula is C13H17F2NO2. The van der Waals surface area contributed by atoms with Crippen molar-refractivity contribution in [1.82, 2.24) is 0 Å². The van der Waals surface area contributed by atoms with Gasteiger partial charge < -0.3 is 10.5 Å². The minimum Gasteiger partial charge on any atom is -0.466 e. The fourth-order valence-corrected chi connectivity index (χ4v) is 1.82. The van der Waals surface area contributed by atoms with Crippen LogP contribution in [0.15, 0.2) is 12.1 Å². The van der Waals surface area contributed by atoms with Gasteiger partial charge in [-0.3, -0.25) is 4.79 Å². The highest BCUT2D eigenvalue weighted by Crippen LogP contribution is 2.28. The number of nitrogens with two attached hydrogens (primary N) is 1. The van der Waals surface area contributed by atoms with E-state index in [-0.39, 0.29) is 30.7 Å². The number of carbonyl (C=O) groups excluding carboxylic acids is 1. The van der Waals surface area contributed by atoms with Gasteiger partial charge in [0.25, 0.3) is 0 Å². The summed E-state index contributed by atoms with van der Waals surface area (Å²) < 4.78 is 32.6.